The number of ketones is 2. The van der Waals surface area contributed by atoms with E-state index in [0.717, 1.165) is 25.9 Å². The molecule has 4 rings (SSSR count). The van der Waals surface area contributed by atoms with E-state index in [2.05, 4.69) is 10.2 Å². The van der Waals surface area contributed by atoms with E-state index in [1.807, 2.05) is 0 Å². The van der Waals surface area contributed by atoms with Crippen LogP contribution in [-0.4, -0.2) is 42.0 Å². The molecule has 5 heteroatoms. The van der Waals surface area contributed by atoms with E-state index in [1.165, 1.54) is 12.8 Å². The normalized spacial score (nSPS) is 17.0. The zero-order chi connectivity index (χ0) is 18.8. The van der Waals surface area contributed by atoms with Gasteiger partial charge in [0.2, 0.25) is 5.91 Å². The van der Waals surface area contributed by atoms with E-state index in [4.69, 9.17) is 0 Å². The average molecular weight is 362 g/mol. The summed E-state index contributed by atoms with van der Waals surface area (Å²) >= 11 is 0. The van der Waals surface area contributed by atoms with Crippen molar-refractivity contribution in [1.29, 1.82) is 0 Å². The van der Waals surface area contributed by atoms with Gasteiger partial charge in [-0.1, -0.05) is 49.2 Å². The summed E-state index contributed by atoms with van der Waals surface area (Å²) in [6.07, 6.45) is 4.64. The number of anilines is 1. The zero-order valence-electron chi connectivity index (χ0n) is 15.2. The van der Waals surface area contributed by atoms with Crippen LogP contribution in [0.3, 0.4) is 0 Å². The van der Waals surface area contributed by atoms with Crippen molar-refractivity contribution in [3.8, 4) is 0 Å². The van der Waals surface area contributed by atoms with Crippen molar-refractivity contribution in [2.75, 3.05) is 25.0 Å². The molecule has 2 aliphatic rings. The Bertz CT molecular complexity index is 912. The van der Waals surface area contributed by atoms with Crippen LogP contribution in [-0.2, 0) is 4.79 Å². The molecule has 0 radical (unpaired) electrons. The molecule has 2 aromatic rings. The lowest BCUT2D eigenvalue weighted by molar-refractivity contribution is -0.117. The molecular weight excluding hydrogens is 340 g/mol. The van der Waals surface area contributed by atoms with Gasteiger partial charge >= 0.3 is 0 Å². The molecule has 0 aromatic heterocycles. The number of likely N-dealkylation sites (tertiary alicyclic amines) is 1. The Morgan fingerprint density at radius 3 is 2.15 bits per heavy atom. The molecule has 0 spiro atoms. The number of fused-ring (bicyclic) bond motifs is 2. The summed E-state index contributed by atoms with van der Waals surface area (Å²) in [6, 6.07) is 11.9. The third-order valence-corrected chi connectivity index (χ3v) is 5.29. The third kappa shape index (κ3) is 3.43. The van der Waals surface area contributed by atoms with Crippen molar-refractivity contribution >= 4 is 23.2 Å². The Morgan fingerprint density at radius 2 is 1.44 bits per heavy atom. The number of amides is 1. The highest BCUT2D eigenvalue weighted by molar-refractivity contribution is 6.30. The van der Waals surface area contributed by atoms with Crippen LogP contribution in [0.25, 0.3) is 0 Å². The van der Waals surface area contributed by atoms with Crippen LogP contribution in [0.4, 0.5) is 5.69 Å². The summed E-state index contributed by atoms with van der Waals surface area (Å²) in [7, 11) is 0. The highest BCUT2D eigenvalue weighted by atomic mass is 16.2. The summed E-state index contributed by atoms with van der Waals surface area (Å²) in [6.45, 7) is 2.15. The third-order valence-electron chi connectivity index (χ3n) is 5.29. The Hall–Kier alpha value is -2.79. The number of hydrogen-bond acceptors (Lipinski definition) is 4. The Morgan fingerprint density at radius 1 is 0.815 bits per heavy atom. The van der Waals surface area contributed by atoms with Gasteiger partial charge in [-0.3, -0.25) is 19.3 Å². The second-order valence-corrected chi connectivity index (χ2v) is 7.17. The first kappa shape index (κ1) is 17.6. The summed E-state index contributed by atoms with van der Waals surface area (Å²) in [4.78, 5) is 40.5. The van der Waals surface area contributed by atoms with Crippen LogP contribution in [0.1, 0.15) is 57.5 Å². The van der Waals surface area contributed by atoms with Crippen LogP contribution < -0.4 is 5.32 Å². The number of carbonyl (C=O) groups is 3. The van der Waals surface area contributed by atoms with Crippen LogP contribution in [0, 0.1) is 0 Å². The van der Waals surface area contributed by atoms with E-state index in [-0.39, 0.29) is 17.5 Å². The van der Waals surface area contributed by atoms with Gasteiger partial charge < -0.3 is 5.32 Å². The quantitative estimate of drug-likeness (QED) is 0.776. The smallest absolute Gasteiger partial charge is 0.238 e. The molecule has 1 amide bonds. The molecule has 1 fully saturated rings. The number of carbonyl (C=O) groups excluding carboxylic acids is 3. The van der Waals surface area contributed by atoms with E-state index in [0.29, 0.717) is 34.5 Å². The summed E-state index contributed by atoms with van der Waals surface area (Å²) in [5.41, 5.74) is 1.88. The van der Waals surface area contributed by atoms with Gasteiger partial charge in [-0.25, -0.2) is 0 Å². The van der Waals surface area contributed by atoms with Crippen molar-refractivity contribution in [2.45, 2.75) is 25.7 Å². The summed E-state index contributed by atoms with van der Waals surface area (Å²) in [5.74, 6) is -0.543. The molecule has 2 aromatic carbocycles. The molecule has 138 valence electrons. The topological polar surface area (TPSA) is 66.5 Å². The molecule has 1 aliphatic carbocycles. The number of hydrogen-bond donors (Lipinski definition) is 1. The van der Waals surface area contributed by atoms with Crippen molar-refractivity contribution in [3.05, 3.63) is 64.7 Å². The molecule has 1 saturated heterocycles. The average Bonchev–Trinajstić information content (AvgIpc) is 2.94. The minimum Gasteiger partial charge on any atom is -0.324 e. The number of nitrogens with zero attached hydrogens (tertiary/aromatic N) is 1. The van der Waals surface area contributed by atoms with Gasteiger partial charge in [-0.15, -0.1) is 0 Å². The Kier molecular flexibility index (Phi) is 4.86. The largest absolute Gasteiger partial charge is 0.324 e. The van der Waals surface area contributed by atoms with Crippen LogP contribution in [0.2, 0.25) is 0 Å². The highest BCUT2D eigenvalue weighted by Crippen LogP contribution is 2.31. The molecule has 0 saturated carbocycles. The van der Waals surface area contributed by atoms with Crippen molar-refractivity contribution < 1.29 is 14.4 Å². The van der Waals surface area contributed by atoms with Gasteiger partial charge in [0, 0.05) is 16.7 Å². The molecule has 1 aliphatic heterocycles. The number of rotatable bonds is 3. The molecule has 27 heavy (non-hydrogen) atoms. The van der Waals surface area contributed by atoms with Gasteiger partial charge in [-0.05, 0) is 32.0 Å². The molecular formula is C22H22N2O3. The van der Waals surface area contributed by atoms with Crippen molar-refractivity contribution in [3.63, 3.8) is 0 Å². The van der Waals surface area contributed by atoms with Crippen LogP contribution >= 0.6 is 0 Å². The van der Waals surface area contributed by atoms with E-state index < -0.39 is 0 Å². The predicted octanol–water partition coefficient (Wildman–Crippen LogP) is 3.28. The maximum atomic E-state index is 13.0. The standard InChI is InChI=1S/C22H22N2O3/c25-19(14-24-12-5-1-2-6-13-24)23-18-11-7-10-17-20(18)22(27)16-9-4-3-8-15(16)21(17)26/h3-4,7-11H,1-2,5-6,12-14H2,(H,23,25). The fourth-order valence-electron chi connectivity index (χ4n) is 3.94. The second-order valence-electron chi connectivity index (χ2n) is 7.17. The lowest BCUT2D eigenvalue weighted by Crippen LogP contribution is -2.34. The first-order valence-corrected chi connectivity index (χ1v) is 9.49. The lowest BCUT2D eigenvalue weighted by Gasteiger charge is -2.22. The van der Waals surface area contributed by atoms with Gasteiger partial charge in [0.1, 0.15) is 0 Å². The summed E-state index contributed by atoms with van der Waals surface area (Å²) in [5, 5.41) is 2.87. The van der Waals surface area contributed by atoms with Gasteiger partial charge in [0.05, 0.1) is 17.8 Å². The van der Waals surface area contributed by atoms with E-state index in [1.54, 1.807) is 42.5 Å². The molecule has 1 heterocycles. The van der Waals surface area contributed by atoms with Gasteiger partial charge in [-0.2, -0.15) is 0 Å². The van der Waals surface area contributed by atoms with E-state index >= 15 is 0 Å². The Labute approximate surface area is 158 Å². The maximum Gasteiger partial charge on any atom is 0.238 e. The van der Waals surface area contributed by atoms with Gasteiger partial charge in [0.25, 0.3) is 0 Å². The van der Waals surface area contributed by atoms with Crippen LogP contribution in [0.15, 0.2) is 42.5 Å². The van der Waals surface area contributed by atoms with E-state index in [9.17, 15) is 14.4 Å². The second kappa shape index (κ2) is 7.45. The highest BCUT2D eigenvalue weighted by Gasteiger charge is 2.31. The summed E-state index contributed by atoms with van der Waals surface area (Å²) < 4.78 is 0. The lowest BCUT2D eigenvalue weighted by atomic mass is 9.83. The molecule has 1 N–H and O–H groups in total. The number of nitrogens with one attached hydrogen (secondary N) is 1. The van der Waals surface area contributed by atoms with Crippen molar-refractivity contribution in [2.24, 2.45) is 0 Å². The van der Waals surface area contributed by atoms with Crippen molar-refractivity contribution in [1.82, 2.24) is 4.90 Å². The molecule has 0 bridgehead atoms. The van der Waals surface area contributed by atoms with Gasteiger partial charge in [0.15, 0.2) is 11.6 Å². The SMILES string of the molecule is O=C(CN1CCCCCC1)Nc1cccc2c1C(=O)c1ccccc1C2=O. The fraction of sp³-hybridized carbons (Fsp3) is 0.318. The first-order chi connectivity index (χ1) is 13.1. The zero-order valence-corrected chi connectivity index (χ0v) is 15.2. The minimum absolute atomic E-state index is 0.149. The number of benzene rings is 2. The van der Waals surface area contributed by atoms with Crippen LogP contribution in [0.5, 0.6) is 0 Å². The molecule has 5 nitrogen and oxygen atoms in total. The minimum atomic E-state index is -0.217. The first-order valence-electron chi connectivity index (χ1n) is 9.49. The molecule has 0 atom stereocenters. The Balaban J connectivity index is 1.59. The monoisotopic (exact) mass is 362 g/mol. The predicted molar refractivity (Wildman–Crippen MR) is 103 cm³/mol. The molecule has 0 unspecified atom stereocenters. The maximum absolute atomic E-state index is 13.0. The fourth-order valence-corrected chi connectivity index (χ4v) is 3.94.